The van der Waals surface area contributed by atoms with Gasteiger partial charge in [-0.15, -0.1) is 0 Å². The molecule has 0 aliphatic carbocycles. The molecule has 0 aliphatic heterocycles. The van der Waals surface area contributed by atoms with Crippen LogP contribution in [0.3, 0.4) is 0 Å². The van der Waals surface area contributed by atoms with Gasteiger partial charge in [-0.05, 0) is 239 Å². The second kappa shape index (κ2) is 7.67. The molecule has 0 aliphatic rings. The topological polar surface area (TPSA) is 0 Å². The molecule has 0 heterocycles. The van der Waals surface area contributed by atoms with E-state index in [0.29, 0.717) is 0 Å². The van der Waals surface area contributed by atoms with E-state index in [2.05, 4.69) is 96.9 Å². The lowest BCUT2D eigenvalue weighted by Gasteiger charge is -2.31. The quantitative estimate of drug-likeness (QED) is 0.186. The monoisotopic (exact) mass is 522 g/mol. The molecule has 0 aromatic heterocycles. The first-order chi connectivity index (χ1) is 18.7. The lowest BCUT2D eigenvalue weighted by atomic mass is 9.72. The molecule has 202 valence electrons. The summed E-state index contributed by atoms with van der Waals surface area (Å²) in [6.45, 7) is 32.9. The molecule has 0 N–H and O–H groups in total. The third kappa shape index (κ3) is 2.52. The maximum Gasteiger partial charge on any atom is -0.00573 e. The van der Waals surface area contributed by atoms with Crippen molar-refractivity contribution in [3.63, 3.8) is 0 Å². The van der Waals surface area contributed by atoms with E-state index in [1.165, 1.54) is 143 Å². The van der Waals surface area contributed by atoms with Gasteiger partial charge >= 0.3 is 0 Å². The normalized spacial score (nSPS) is 12.8. The average molecular weight is 523 g/mol. The predicted molar refractivity (Wildman–Crippen MR) is 180 cm³/mol. The molecule has 0 saturated carbocycles. The van der Waals surface area contributed by atoms with Gasteiger partial charge in [0.25, 0.3) is 0 Å². The Labute approximate surface area is 239 Å². The zero-order chi connectivity index (χ0) is 29.0. The first kappa shape index (κ1) is 25.6. The van der Waals surface area contributed by atoms with Crippen LogP contribution in [-0.2, 0) is 0 Å². The Kier molecular flexibility index (Phi) is 4.90. The summed E-state index contributed by atoms with van der Waals surface area (Å²) in [6, 6.07) is 0. The van der Waals surface area contributed by atoms with Crippen molar-refractivity contribution in [1.29, 1.82) is 0 Å². The van der Waals surface area contributed by atoms with Gasteiger partial charge in [-0.3, -0.25) is 0 Å². The van der Waals surface area contributed by atoms with Crippen LogP contribution < -0.4 is 0 Å². The Morgan fingerprint density at radius 1 is 0.125 bits per heavy atom. The molecule has 0 unspecified atom stereocenters. The highest BCUT2D eigenvalue weighted by atomic mass is 14.3. The smallest absolute Gasteiger partial charge is 0.00573 e. The van der Waals surface area contributed by atoms with Crippen LogP contribution >= 0.6 is 0 Å². The molecule has 0 bridgehead atoms. The first-order valence-corrected chi connectivity index (χ1v) is 15.0. The van der Waals surface area contributed by atoms with Gasteiger partial charge in [-0.2, -0.15) is 0 Å². The van der Waals surface area contributed by atoms with Crippen molar-refractivity contribution in [2.75, 3.05) is 0 Å². The van der Waals surface area contributed by atoms with Gasteiger partial charge in [-0.1, -0.05) is 0 Å². The first-order valence-electron chi connectivity index (χ1n) is 15.0. The summed E-state index contributed by atoms with van der Waals surface area (Å²) in [5.74, 6) is 0. The maximum absolute atomic E-state index is 2.40. The van der Waals surface area contributed by atoms with E-state index < -0.39 is 0 Å². The van der Waals surface area contributed by atoms with Crippen molar-refractivity contribution >= 4 is 64.6 Å². The van der Waals surface area contributed by atoms with Crippen molar-refractivity contribution in [3.05, 3.63) is 77.9 Å². The van der Waals surface area contributed by atoms with E-state index in [0.717, 1.165) is 0 Å². The van der Waals surface area contributed by atoms with Crippen LogP contribution in [-0.4, -0.2) is 0 Å². The molecule has 0 heteroatoms. The summed E-state index contributed by atoms with van der Waals surface area (Å²) in [4.78, 5) is 0. The molecule has 0 saturated heterocycles. The summed E-state index contributed by atoms with van der Waals surface area (Å²) >= 11 is 0. The lowest BCUT2D eigenvalue weighted by Crippen LogP contribution is -2.06. The molecular weight excluding hydrogens is 480 g/mol. The highest BCUT2D eigenvalue weighted by Crippen LogP contribution is 2.55. The third-order valence-corrected chi connectivity index (χ3v) is 11.9. The van der Waals surface area contributed by atoms with E-state index in [1.807, 2.05) is 0 Å². The van der Waals surface area contributed by atoms with Crippen LogP contribution in [0, 0.1) is 96.9 Å². The van der Waals surface area contributed by atoms with Crippen molar-refractivity contribution in [2.24, 2.45) is 0 Å². The second-order valence-corrected chi connectivity index (χ2v) is 13.2. The third-order valence-electron chi connectivity index (χ3n) is 11.9. The minimum Gasteiger partial charge on any atom is -0.0444 e. The summed E-state index contributed by atoms with van der Waals surface area (Å²) < 4.78 is 0. The van der Waals surface area contributed by atoms with Gasteiger partial charge in [0, 0.05) is 0 Å². The molecule has 0 fully saturated rings. The molecule has 7 rings (SSSR count). The minimum atomic E-state index is 1.44. The van der Waals surface area contributed by atoms with E-state index >= 15 is 0 Å². The molecule has 7 aromatic carbocycles. The SMILES string of the molecule is Cc1c(C)c(C)c2c(C)c3c(c(C)c2c1C)c1c(C)c2c4c(C)c5c(C)c(C)c(C)c(C)c5c(C)c4c2c(C)c31. The summed E-state index contributed by atoms with van der Waals surface area (Å²) in [6.07, 6.45) is 0. The van der Waals surface area contributed by atoms with Crippen molar-refractivity contribution in [1.82, 2.24) is 0 Å². The fraction of sp³-hybridized carbons (Fsp3) is 0.350. The largest absolute Gasteiger partial charge is 0.0444 e. The molecule has 0 nitrogen and oxygen atoms in total. The Hall–Kier alpha value is -3.38. The molecular formula is C40H42. The van der Waals surface area contributed by atoms with Crippen LogP contribution in [0.1, 0.15) is 77.9 Å². The Morgan fingerprint density at radius 3 is 0.400 bits per heavy atom. The van der Waals surface area contributed by atoms with Crippen LogP contribution in [0.4, 0.5) is 0 Å². The zero-order valence-corrected chi connectivity index (χ0v) is 27.0. The van der Waals surface area contributed by atoms with Gasteiger partial charge in [-0.25, -0.2) is 0 Å². The minimum absolute atomic E-state index is 1.44. The van der Waals surface area contributed by atoms with Gasteiger partial charge in [0.05, 0.1) is 0 Å². The molecule has 40 heavy (non-hydrogen) atoms. The fourth-order valence-corrected chi connectivity index (χ4v) is 9.12. The lowest BCUT2D eigenvalue weighted by molar-refractivity contribution is 1.24. The summed E-state index contributed by atoms with van der Waals surface area (Å²) in [5.41, 5.74) is 20.4. The number of rotatable bonds is 0. The fourth-order valence-electron chi connectivity index (χ4n) is 9.12. The molecule has 0 amide bonds. The van der Waals surface area contributed by atoms with Gasteiger partial charge in [0.1, 0.15) is 0 Å². The Bertz CT molecular complexity index is 1990. The van der Waals surface area contributed by atoms with E-state index in [-0.39, 0.29) is 0 Å². The highest BCUT2D eigenvalue weighted by Gasteiger charge is 2.30. The number of fused-ring (bicyclic) bond motifs is 10. The van der Waals surface area contributed by atoms with Crippen molar-refractivity contribution < 1.29 is 0 Å². The van der Waals surface area contributed by atoms with E-state index in [1.54, 1.807) is 0 Å². The average Bonchev–Trinajstić information content (AvgIpc) is 2.86. The highest BCUT2D eigenvalue weighted by molar-refractivity contribution is 6.42. The number of aryl methyl sites for hydroxylation is 10. The van der Waals surface area contributed by atoms with Gasteiger partial charge in [0.15, 0.2) is 0 Å². The summed E-state index contributed by atoms with van der Waals surface area (Å²) in [7, 11) is 0. The Balaban J connectivity index is 1.76. The van der Waals surface area contributed by atoms with E-state index in [4.69, 9.17) is 0 Å². The molecule has 0 spiro atoms. The number of benzene rings is 5. The van der Waals surface area contributed by atoms with Crippen LogP contribution in [0.5, 0.6) is 0 Å². The predicted octanol–water partition coefficient (Wildman–Crippen LogP) is 11.8. The summed E-state index contributed by atoms with van der Waals surface area (Å²) in [5, 5.41) is 18.0. The van der Waals surface area contributed by atoms with Crippen molar-refractivity contribution in [3.8, 4) is 0 Å². The second-order valence-electron chi connectivity index (χ2n) is 13.2. The zero-order valence-electron chi connectivity index (χ0n) is 27.0. The van der Waals surface area contributed by atoms with Crippen LogP contribution in [0.15, 0.2) is 0 Å². The van der Waals surface area contributed by atoms with Crippen LogP contribution in [0.25, 0.3) is 64.6 Å². The molecule has 7 aromatic rings. The van der Waals surface area contributed by atoms with Gasteiger partial charge in [0.2, 0.25) is 0 Å². The standard InChI is InChI=1S/C40H42/c1-15-16(2)20(6)30-24(10)34-33(23(9)29(30)19(15)5)37-27(13)39-35-25(11)31-21(7)17(3)18(4)22(8)32(31)26(12)36(35)40(39)28(14)38(34)37/h1-14H3. The van der Waals surface area contributed by atoms with E-state index in [9.17, 15) is 0 Å². The number of hydrogen-bond donors (Lipinski definition) is 0. The molecule has 0 radical (unpaired) electrons. The maximum atomic E-state index is 2.40. The van der Waals surface area contributed by atoms with Gasteiger partial charge < -0.3 is 0 Å². The van der Waals surface area contributed by atoms with Crippen molar-refractivity contribution in [2.45, 2.75) is 96.9 Å². The molecule has 0 atom stereocenters. The van der Waals surface area contributed by atoms with Crippen LogP contribution in [0.2, 0.25) is 0 Å². The number of hydrogen-bond acceptors (Lipinski definition) is 0. The Morgan fingerprint density at radius 2 is 0.250 bits per heavy atom.